The molecule has 0 unspecified atom stereocenters. The Hall–Kier alpha value is -4.51. The zero-order valence-corrected chi connectivity index (χ0v) is 28.7. The lowest BCUT2D eigenvalue weighted by Gasteiger charge is -2.46. The minimum atomic E-state index is -3.89. The fraction of sp³-hybridized carbons (Fsp3) is 0.243. The van der Waals surface area contributed by atoms with Gasteiger partial charge in [0.25, 0.3) is 18.3 Å². The Kier molecular flexibility index (Phi) is 8.69. The van der Waals surface area contributed by atoms with E-state index in [0.29, 0.717) is 16.5 Å². The Bertz CT molecular complexity index is 1970. The molecule has 8 nitrogen and oxygen atoms in total. The maximum atomic E-state index is 13.7. The van der Waals surface area contributed by atoms with E-state index in [0.717, 1.165) is 10.4 Å². The van der Waals surface area contributed by atoms with Crippen molar-refractivity contribution >= 4 is 51.4 Å². The predicted octanol–water partition coefficient (Wildman–Crippen LogP) is 4.37. The molecule has 2 N–H and O–H groups in total. The van der Waals surface area contributed by atoms with Crippen LogP contribution < -0.4 is 21.0 Å². The van der Waals surface area contributed by atoms with Crippen LogP contribution in [-0.4, -0.2) is 50.7 Å². The monoisotopic (exact) mass is 665 g/mol. The normalized spacial score (nSPS) is 18.0. The summed E-state index contributed by atoms with van der Waals surface area (Å²) in [6.45, 7) is 8.33. The first-order valence-electron chi connectivity index (χ1n) is 15.7. The lowest BCUT2D eigenvalue weighted by molar-refractivity contribution is -0.139. The number of rotatable bonds is 9. The maximum Gasteiger partial charge on any atom is 0.268 e. The molecule has 0 aliphatic carbocycles. The van der Waals surface area contributed by atoms with Gasteiger partial charge in [0.05, 0.1) is 16.5 Å². The lowest BCUT2D eigenvalue weighted by atomic mass is 10.00. The van der Waals surface area contributed by atoms with Gasteiger partial charge >= 0.3 is 0 Å². The molecule has 1 fully saturated rings. The van der Waals surface area contributed by atoms with Crippen molar-refractivity contribution in [2.75, 3.05) is 0 Å². The molecule has 1 aromatic heterocycles. The van der Waals surface area contributed by atoms with Crippen LogP contribution in [0.25, 0.3) is 10.9 Å². The Labute approximate surface area is 277 Å². The van der Waals surface area contributed by atoms with E-state index in [-0.39, 0.29) is 28.2 Å². The summed E-state index contributed by atoms with van der Waals surface area (Å²) in [6, 6.07) is 33.9. The number of carbonyl (C=O) groups excluding carboxylic acids is 2. The van der Waals surface area contributed by atoms with Gasteiger partial charge in [-0.25, -0.2) is 12.4 Å². The quantitative estimate of drug-likeness (QED) is 0.228. The van der Waals surface area contributed by atoms with Gasteiger partial charge in [0.2, 0.25) is 11.8 Å². The van der Waals surface area contributed by atoms with Gasteiger partial charge in [-0.05, 0) is 46.1 Å². The zero-order chi connectivity index (χ0) is 33.4. The molecule has 0 radical (unpaired) electrons. The average molecular weight is 666 g/mol. The second-order valence-corrected chi connectivity index (χ2v) is 19.1. The van der Waals surface area contributed by atoms with Crippen molar-refractivity contribution in [1.82, 2.24) is 14.6 Å². The van der Waals surface area contributed by atoms with Gasteiger partial charge in [0.15, 0.2) is 0 Å². The number of nitrogens with one attached hydrogen (secondary N) is 2. The molecule has 1 saturated heterocycles. The fourth-order valence-electron chi connectivity index (χ4n) is 6.66. The molecular formula is C37H39N3O5SSi. The number of aromatic nitrogens is 1. The molecule has 1 aliphatic rings. The molecule has 0 saturated carbocycles. The third kappa shape index (κ3) is 5.93. The van der Waals surface area contributed by atoms with Crippen LogP contribution in [0.5, 0.6) is 0 Å². The minimum absolute atomic E-state index is 0.117. The molecule has 4 aromatic carbocycles. The van der Waals surface area contributed by atoms with Crippen LogP contribution in [0.1, 0.15) is 33.3 Å². The fourth-order valence-corrected chi connectivity index (χ4v) is 12.8. The van der Waals surface area contributed by atoms with Crippen LogP contribution in [-0.2, 0) is 30.5 Å². The number of amides is 2. The standard InChI is InChI=1S/C37H39N3O5SSi/c1-26(45-47(37(2,3)4,29-18-10-6-11-19-29)30-20-12-7-13-21-30)34-36(42)38-32(35(41)39-34)24-27-25-40(33-23-15-14-22-31(27)33)46(43,44)28-16-8-5-9-17-28/h5-23,25-26,32,34H,24H2,1-4H3,(H,38,42)(H,39,41)/t26-,32-,34-/m1/s1. The summed E-state index contributed by atoms with van der Waals surface area (Å²) < 4.78 is 35.5. The van der Waals surface area contributed by atoms with Gasteiger partial charge in [-0.3, -0.25) is 9.59 Å². The van der Waals surface area contributed by atoms with E-state index in [9.17, 15) is 18.0 Å². The van der Waals surface area contributed by atoms with E-state index in [2.05, 4.69) is 55.7 Å². The molecule has 0 spiro atoms. The highest BCUT2D eigenvalue weighted by Crippen LogP contribution is 2.38. The van der Waals surface area contributed by atoms with Crippen molar-refractivity contribution in [3.63, 3.8) is 0 Å². The number of carbonyl (C=O) groups is 2. The van der Waals surface area contributed by atoms with Crippen molar-refractivity contribution in [2.45, 2.75) is 62.2 Å². The lowest BCUT2D eigenvalue weighted by Crippen LogP contribution is -2.71. The molecule has 47 heavy (non-hydrogen) atoms. The van der Waals surface area contributed by atoms with Gasteiger partial charge in [0.1, 0.15) is 12.1 Å². The smallest absolute Gasteiger partial charge is 0.268 e. The molecule has 2 heterocycles. The molecule has 1 aliphatic heterocycles. The summed E-state index contributed by atoms with van der Waals surface area (Å²) in [6.07, 6.45) is 1.02. The third-order valence-electron chi connectivity index (χ3n) is 8.95. The largest absolute Gasteiger partial charge is 0.402 e. The number of hydrogen-bond donors (Lipinski definition) is 2. The number of para-hydroxylation sites is 1. The maximum absolute atomic E-state index is 13.7. The number of nitrogens with zero attached hydrogens (tertiary/aromatic N) is 1. The van der Waals surface area contributed by atoms with Crippen molar-refractivity contribution in [3.8, 4) is 0 Å². The number of fused-ring (bicyclic) bond motifs is 1. The highest BCUT2D eigenvalue weighted by Gasteiger charge is 2.52. The summed E-state index contributed by atoms with van der Waals surface area (Å²) >= 11 is 0. The molecule has 242 valence electrons. The first-order valence-corrected chi connectivity index (χ1v) is 19.1. The summed E-state index contributed by atoms with van der Waals surface area (Å²) in [5.74, 6) is -0.698. The SMILES string of the molecule is C[C@@H](O[Si](c1ccccc1)(c1ccccc1)C(C)(C)C)[C@H]1NC(=O)[C@@H](Cc2cn(S(=O)(=O)c3ccccc3)c3ccccc23)NC1=O. The van der Waals surface area contributed by atoms with Crippen molar-refractivity contribution in [3.05, 3.63) is 127 Å². The van der Waals surface area contributed by atoms with E-state index >= 15 is 0 Å². The van der Waals surface area contributed by atoms with Crippen LogP contribution >= 0.6 is 0 Å². The van der Waals surface area contributed by atoms with Crippen LogP contribution in [0.3, 0.4) is 0 Å². The second kappa shape index (κ2) is 12.6. The van der Waals surface area contributed by atoms with Crippen LogP contribution in [0.4, 0.5) is 0 Å². The molecule has 6 rings (SSSR count). The Balaban J connectivity index is 1.27. The second-order valence-electron chi connectivity index (χ2n) is 13.0. The van der Waals surface area contributed by atoms with Crippen molar-refractivity contribution < 1.29 is 22.4 Å². The minimum Gasteiger partial charge on any atom is -0.402 e. The predicted molar refractivity (Wildman–Crippen MR) is 187 cm³/mol. The molecule has 5 aromatic rings. The Morgan fingerprint density at radius 3 is 1.87 bits per heavy atom. The number of hydrogen-bond acceptors (Lipinski definition) is 5. The van der Waals surface area contributed by atoms with Crippen molar-refractivity contribution in [2.24, 2.45) is 0 Å². The Morgan fingerprint density at radius 2 is 1.30 bits per heavy atom. The van der Waals surface area contributed by atoms with Gasteiger partial charge in [0, 0.05) is 18.0 Å². The first kappa shape index (κ1) is 32.4. The number of piperazine rings is 1. The average Bonchev–Trinajstić information content (AvgIpc) is 3.44. The summed E-state index contributed by atoms with van der Waals surface area (Å²) in [7, 11) is -6.88. The summed E-state index contributed by atoms with van der Waals surface area (Å²) in [5, 5.41) is 8.40. The van der Waals surface area contributed by atoms with Gasteiger partial charge < -0.3 is 15.1 Å². The van der Waals surface area contributed by atoms with E-state index in [4.69, 9.17) is 4.43 Å². The number of benzene rings is 4. The molecule has 0 bridgehead atoms. The van der Waals surface area contributed by atoms with Crippen LogP contribution in [0.2, 0.25) is 5.04 Å². The molecule has 2 amide bonds. The first-order chi connectivity index (χ1) is 22.4. The van der Waals surface area contributed by atoms with Crippen molar-refractivity contribution in [1.29, 1.82) is 0 Å². The summed E-state index contributed by atoms with van der Waals surface area (Å²) in [5.41, 5.74) is 1.13. The van der Waals surface area contributed by atoms with Gasteiger partial charge in [-0.1, -0.05) is 118 Å². The van der Waals surface area contributed by atoms with E-state index in [1.807, 2.05) is 55.5 Å². The van der Waals surface area contributed by atoms with E-state index in [1.54, 1.807) is 48.7 Å². The molecule has 3 atom stereocenters. The topological polar surface area (TPSA) is 106 Å². The van der Waals surface area contributed by atoms with Gasteiger partial charge in [-0.15, -0.1) is 0 Å². The van der Waals surface area contributed by atoms with E-state index < -0.39 is 36.5 Å². The zero-order valence-electron chi connectivity index (χ0n) is 26.9. The van der Waals surface area contributed by atoms with E-state index in [1.165, 1.54) is 3.97 Å². The highest BCUT2D eigenvalue weighted by molar-refractivity contribution is 7.90. The summed E-state index contributed by atoms with van der Waals surface area (Å²) in [4.78, 5) is 27.5. The van der Waals surface area contributed by atoms with Crippen LogP contribution in [0.15, 0.2) is 126 Å². The molecular weight excluding hydrogens is 627 g/mol. The highest BCUT2D eigenvalue weighted by atomic mass is 32.2. The van der Waals surface area contributed by atoms with Gasteiger partial charge in [-0.2, -0.15) is 0 Å². The Morgan fingerprint density at radius 1 is 0.766 bits per heavy atom. The van der Waals surface area contributed by atoms with Crippen LogP contribution in [0, 0.1) is 0 Å². The third-order valence-corrected chi connectivity index (χ3v) is 15.8. The molecule has 10 heteroatoms.